The first-order chi connectivity index (χ1) is 13.0. The molecule has 1 aliphatic rings. The van der Waals surface area contributed by atoms with Gasteiger partial charge in [-0.3, -0.25) is 9.59 Å². The van der Waals surface area contributed by atoms with Gasteiger partial charge in [0, 0.05) is 12.0 Å². The van der Waals surface area contributed by atoms with Gasteiger partial charge >= 0.3 is 0 Å². The quantitative estimate of drug-likeness (QED) is 0.731. The van der Waals surface area contributed by atoms with E-state index in [1.54, 1.807) is 37.3 Å². The number of nitrogens with zero attached hydrogens (tertiary/aromatic N) is 1. The number of benzene rings is 2. The molecular formula is C21H23NO5. The van der Waals surface area contributed by atoms with Crippen LogP contribution in [0, 0.1) is 0 Å². The normalized spacial score (nSPS) is 12.8. The smallest absolute Gasteiger partial charge is 0.227 e. The summed E-state index contributed by atoms with van der Waals surface area (Å²) in [6.07, 6.45) is 0.928. The van der Waals surface area contributed by atoms with Crippen LogP contribution in [0.25, 0.3) is 0 Å². The van der Waals surface area contributed by atoms with Crippen molar-refractivity contribution in [1.29, 1.82) is 0 Å². The molecular weight excluding hydrogens is 346 g/mol. The number of rotatable bonds is 6. The molecule has 6 nitrogen and oxygen atoms in total. The minimum Gasteiger partial charge on any atom is -0.493 e. The summed E-state index contributed by atoms with van der Waals surface area (Å²) in [5.41, 5.74) is 2.22. The van der Waals surface area contributed by atoms with Crippen LogP contribution in [0.2, 0.25) is 0 Å². The van der Waals surface area contributed by atoms with Gasteiger partial charge in [0.25, 0.3) is 0 Å². The molecule has 2 aromatic carbocycles. The highest BCUT2D eigenvalue weighted by Gasteiger charge is 2.24. The van der Waals surface area contributed by atoms with E-state index < -0.39 is 0 Å². The average Bonchev–Trinajstić information content (AvgIpc) is 2.70. The molecule has 0 unspecified atom stereocenters. The van der Waals surface area contributed by atoms with Gasteiger partial charge in [-0.15, -0.1) is 0 Å². The largest absolute Gasteiger partial charge is 0.493 e. The number of carbonyl (C=O) groups excluding carboxylic acids is 2. The van der Waals surface area contributed by atoms with Crippen LogP contribution in [0.4, 0.5) is 5.69 Å². The second-order valence-corrected chi connectivity index (χ2v) is 6.32. The number of ether oxygens (including phenoxy) is 3. The van der Waals surface area contributed by atoms with Crippen LogP contribution in [-0.4, -0.2) is 39.1 Å². The molecule has 0 saturated heterocycles. The Morgan fingerprint density at radius 3 is 2.56 bits per heavy atom. The fraction of sp³-hybridized carbons (Fsp3) is 0.333. The Balaban J connectivity index is 1.74. The van der Waals surface area contributed by atoms with Gasteiger partial charge in [-0.1, -0.05) is 6.07 Å². The number of Topliss-reactive ketones (excluding diaryl/α,β-unsaturated/α-hetero) is 1. The summed E-state index contributed by atoms with van der Waals surface area (Å²) >= 11 is 0. The van der Waals surface area contributed by atoms with E-state index >= 15 is 0 Å². The lowest BCUT2D eigenvalue weighted by atomic mass is 10.1. The first kappa shape index (κ1) is 18.8. The zero-order valence-electron chi connectivity index (χ0n) is 15.8. The lowest BCUT2D eigenvalue weighted by Crippen LogP contribution is -2.38. The van der Waals surface area contributed by atoms with Crippen LogP contribution in [0.1, 0.15) is 29.3 Å². The van der Waals surface area contributed by atoms with Gasteiger partial charge in [0.05, 0.1) is 26.5 Å². The highest BCUT2D eigenvalue weighted by Crippen LogP contribution is 2.33. The number of carbonyl (C=O) groups is 2. The van der Waals surface area contributed by atoms with Crippen molar-refractivity contribution in [3.05, 3.63) is 47.5 Å². The van der Waals surface area contributed by atoms with Crippen LogP contribution in [0.3, 0.4) is 0 Å². The zero-order valence-corrected chi connectivity index (χ0v) is 15.8. The molecule has 0 atom stereocenters. The molecule has 0 fully saturated rings. The standard InChI is InChI=1S/C21H23NO5/c1-14(23)16-6-8-18-17(13-16)22(10-11-27-18)21(24)9-5-15-4-7-19(25-2)20(12-15)26-3/h4,6-8,12-13H,5,9-11H2,1-3H3. The molecule has 142 valence electrons. The Hall–Kier alpha value is -3.02. The van der Waals surface area contributed by atoms with Crippen molar-refractivity contribution in [3.63, 3.8) is 0 Å². The van der Waals surface area contributed by atoms with Crippen molar-refractivity contribution in [3.8, 4) is 17.2 Å². The molecule has 6 heteroatoms. The van der Waals surface area contributed by atoms with Crippen molar-refractivity contribution in [1.82, 2.24) is 0 Å². The highest BCUT2D eigenvalue weighted by molar-refractivity contribution is 5.99. The maximum atomic E-state index is 12.8. The van der Waals surface area contributed by atoms with Gasteiger partial charge < -0.3 is 19.1 Å². The number of hydrogen-bond acceptors (Lipinski definition) is 5. The number of fused-ring (bicyclic) bond motifs is 1. The number of methoxy groups -OCH3 is 2. The van der Waals surface area contributed by atoms with Crippen molar-refractivity contribution in [2.45, 2.75) is 19.8 Å². The SMILES string of the molecule is COc1ccc(CCC(=O)N2CCOc3ccc(C(C)=O)cc32)cc1OC. The Kier molecular flexibility index (Phi) is 5.64. The summed E-state index contributed by atoms with van der Waals surface area (Å²) in [5, 5.41) is 0. The third kappa shape index (κ3) is 4.05. The average molecular weight is 369 g/mol. The summed E-state index contributed by atoms with van der Waals surface area (Å²) < 4.78 is 16.2. The minimum absolute atomic E-state index is 0.00460. The van der Waals surface area contributed by atoms with Crippen LogP contribution in [-0.2, 0) is 11.2 Å². The van der Waals surface area contributed by atoms with E-state index in [0.29, 0.717) is 54.5 Å². The molecule has 0 bridgehead atoms. The molecule has 1 amide bonds. The fourth-order valence-corrected chi connectivity index (χ4v) is 3.12. The second kappa shape index (κ2) is 8.12. The lowest BCUT2D eigenvalue weighted by Gasteiger charge is -2.30. The predicted octanol–water partition coefficient (Wildman–Crippen LogP) is 3.26. The molecule has 0 N–H and O–H groups in total. The topological polar surface area (TPSA) is 65.1 Å². The Morgan fingerprint density at radius 1 is 1.07 bits per heavy atom. The first-order valence-electron chi connectivity index (χ1n) is 8.82. The van der Waals surface area contributed by atoms with E-state index in [-0.39, 0.29) is 11.7 Å². The molecule has 3 rings (SSSR count). The van der Waals surface area contributed by atoms with Crippen LogP contribution in [0.5, 0.6) is 17.2 Å². The minimum atomic E-state index is -0.0406. The maximum Gasteiger partial charge on any atom is 0.227 e. The van der Waals surface area contributed by atoms with Crippen molar-refractivity contribution in [2.75, 3.05) is 32.3 Å². The molecule has 27 heavy (non-hydrogen) atoms. The molecule has 0 radical (unpaired) electrons. The zero-order chi connectivity index (χ0) is 19.4. The summed E-state index contributed by atoms with van der Waals surface area (Å²) in [7, 11) is 3.18. The highest BCUT2D eigenvalue weighted by atomic mass is 16.5. The third-order valence-corrected chi connectivity index (χ3v) is 4.61. The molecule has 0 aromatic heterocycles. The van der Waals surface area contributed by atoms with Crippen LogP contribution < -0.4 is 19.1 Å². The number of ketones is 1. The summed E-state index contributed by atoms with van der Waals surface area (Å²) in [6, 6.07) is 10.8. The molecule has 2 aromatic rings. The Bertz CT molecular complexity index is 862. The van der Waals surface area contributed by atoms with Gasteiger partial charge in [0.1, 0.15) is 12.4 Å². The third-order valence-electron chi connectivity index (χ3n) is 4.61. The van der Waals surface area contributed by atoms with Crippen molar-refractivity contribution >= 4 is 17.4 Å². The Morgan fingerprint density at radius 2 is 1.85 bits per heavy atom. The van der Waals surface area contributed by atoms with Gasteiger partial charge in [0.15, 0.2) is 17.3 Å². The Labute approximate surface area is 158 Å². The van der Waals surface area contributed by atoms with Gasteiger partial charge in [-0.25, -0.2) is 0 Å². The monoisotopic (exact) mass is 369 g/mol. The number of aryl methyl sites for hydroxylation is 1. The molecule has 0 spiro atoms. The van der Waals surface area contributed by atoms with Gasteiger partial charge in [-0.2, -0.15) is 0 Å². The van der Waals surface area contributed by atoms with Gasteiger partial charge in [-0.05, 0) is 49.2 Å². The van der Waals surface area contributed by atoms with Crippen LogP contribution >= 0.6 is 0 Å². The first-order valence-corrected chi connectivity index (χ1v) is 8.82. The van der Waals surface area contributed by atoms with Gasteiger partial charge in [0.2, 0.25) is 5.91 Å². The maximum absolute atomic E-state index is 12.8. The number of hydrogen-bond donors (Lipinski definition) is 0. The summed E-state index contributed by atoms with van der Waals surface area (Å²) in [5.74, 6) is 1.89. The van der Waals surface area contributed by atoms with Crippen molar-refractivity contribution < 1.29 is 23.8 Å². The molecule has 0 saturated carbocycles. The summed E-state index contributed by atoms with van der Waals surface area (Å²) in [4.78, 5) is 26.2. The molecule has 1 aliphatic heterocycles. The number of amides is 1. The van der Waals surface area contributed by atoms with E-state index in [1.165, 1.54) is 6.92 Å². The van der Waals surface area contributed by atoms with E-state index in [4.69, 9.17) is 14.2 Å². The number of anilines is 1. The van der Waals surface area contributed by atoms with Crippen molar-refractivity contribution in [2.24, 2.45) is 0 Å². The predicted molar refractivity (Wildman–Crippen MR) is 102 cm³/mol. The fourth-order valence-electron chi connectivity index (χ4n) is 3.12. The van der Waals surface area contributed by atoms with E-state index in [0.717, 1.165) is 5.56 Å². The lowest BCUT2D eigenvalue weighted by molar-refractivity contribution is -0.118. The summed E-state index contributed by atoms with van der Waals surface area (Å²) in [6.45, 7) is 2.42. The van der Waals surface area contributed by atoms with Crippen LogP contribution in [0.15, 0.2) is 36.4 Å². The van der Waals surface area contributed by atoms with E-state index in [9.17, 15) is 9.59 Å². The molecule has 1 heterocycles. The van der Waals surface area contributed by atoms with E-state index in [2.05, 4.69) is 0 Å². The molecule has 0 aliphatic carbocycles. The second-order valence-electron chi connectivity index (χ2n) is 6.32. The van der Waals surface area contributed by atoms with E-state index in [1.807, 2.05) is 18.2 Å².